The normalized spacial score (nSPS) is 15.2. The van der Waals surface area contributed by atoms with E-state index in [1.54, 1.807) is 0 Å². The molecule has 2 nitrogen and oxygen atoms in total. The Bertz CT molecular complexity index is 393. The van der Waals surface area contributed by atoms with Gasteiger partial charge in [-0.1, -0.05) is 51.1 Å². The minimum Gasteiger partial charge on any atom is -0.389 e. The van der Waals surface area contributed by atoms with Gasteiger partial charge in [0.25, 0.3) is 0 Å². The summed E-state index contributed by atoms with van der Waals surface area (Å²) in [6.07, 6.45) is 1.58. The molecule has 0 spiro atoms. The van der Waals surface area contributed by atoms with Gasteiger partial charge in [0.05, 0.1) is 11.0 Å². The van der Waals surface area contributed by atoms with Gasteiger partial charge in [-0.25, -0.2) is 0 Å². The van der Waals surface area contributed by atoms with Crippen molar-refractivity contribution in [3.05, 3.63) is 35.9 Å². The Morgan fingerprint density at radius 3 is 2.00 bits per heavy atom. The predicted octanol–water partition coefficient (Wildman–Crippen LogP) is 3.47. The van der Waals surface area contributed by atoms with Crippen LogP contribution in [0.3, 0.4) is 0 Å². The molecule has 0 aliphatic rings. The number of hydrogen-bond donors (Lipinski definition) is 1. The van der Waals surface area contributed by atoms with Crippen LogP contribution in [0.1, 0.15) is 52.5 Å². The van der Waals surface area contributed by atoms with E-state index in [0.29, 0.717) is 19.3 Å². The molecule has 1 rings (SSSR count). The number of aliphatic hydroxyl groups is 1. The molecule has 2 heteroatoms. The number of carbonyl (C=O) groups is 1. The molecule has 0 heterocycles. The van der Waals surface area contributed by atoms with Crippen LogP contribution in [-0.4, -0.2) is 16.5 Å². The van der Waals surface area contributed by atoms with Crippen molar-refractivity contribution in [3.63, 3.8) is 0 Å². The second kappa shape index (κ2) is 5.66. The molecule has 1 N–H and O–H groups in total. The molecule has 0 aliphatic heterocycles. The first-order chi connectivity index (χ1) is 8.46. The molecule has 100 valence electrons. The van der Waals surface area contributed by atoms with Crippen molar-refractivity contribution < 1.29 is 9.90 Å². The van der Waals surface area contributed by atoms with Crippen molar-refractivity contribution in [1.29, 1.82) is 0 Å². The number of benzene rings is 1. The SMILES string of the molecule is CCC(=O)C(C)(c1ccccc1)C(O)(CC)CC. The Morgan fingerprint density at radius 1 is 1.11 bits per heavy atom. The largest absolute Gasteiger partial charge is 0.389 e. The first-order valence-corrected chi connectivity index (χ1v) is 6.77. The lowest BCUT2D eigenvalue weighted by Gasteiger charge is -2.43. The zero-order valence-electron chi connectivity index (χ0n) is 11.9. The van der Waals surface area contributed by atoms with Gasteiger partial charge in [0, 0.05) is 6.42 Å². The Kier molecular flexibility index (Phi) is 4.69. The van der Waals surface area contributed by atoms with Crippen LogP contribution in [-0.2, 0) is 10.2 Å². The van der Waals surface area contributed by atoms with Crippen LogP contribution in [0, 0.1) is 0 Å². The van der Waals surface area contributed by atoms with Crippen LogP contribution < -0.4 is 0 Å². The summed E-state index contributed by atoms with van der Waals surface area (Å²) in [6, 6.07) is 9.63. The molecule has 0 aromatic heterocycles. The lowest BCUT2D eigenvalue weighted by molar-refractivity contribution is -0.136. The van der Waals surface area contributed by atoms with Crippen molar-refractivity contribution in [2.24, 2.45) is 0 Å². The molecule has 1 unspecified atom stereocenters. The monoisotopic (exact) mass is 248 g/mol. The van der Waals surface area contributed by atoms with Crippen LogP contribution in [0.25, 0.3) is 0 Å². The summed E-state index contributed by atoms with van der Waals surface area (Å²) < 4.78 is 0. The van der Waals surface area contributed by atoms with Crippen LogP contribution in [0.4, 0.5) is 0 Å². The third-order valence-electron chi connectivity index (χ3n) is 4.33. The summed E-state index contributed by atoms with van der Waals surface area (Å²) >= 11 is 0. The van der Waals surface area contributed by atoms with Gasteiger partial charge >= 0.3 is 0 Å². The van der Waals surface area contributed by atoms with E-state index in [0.717, 1.165) is 5.56 Å². The summed E-state index contributed by atoms with van der Waals surface area (Å²) in [5.74, 6) is 0.0971. The average Bonchev–Trinajstić information content (AvgIpc) is 2.45. The molecule has 1 aromatic rings. The third kappa shape index (κ3) is 2.22. The van der Waals surface area contributed by atoms with Crippen LogP contribution in [0.5, 0.6) is 0 Å². The standard InChI is InChI=1S/C16H24O2/c1-5-14(17)15(4,16(18,6-2)7-3)13-11-9-8-10-12-13/h8-12,18H,5-7H2,1-4H3. The summed E-state index contributed by atoms with van der Waals surface area (Å²) in [5.41, 5.74) is -0.906. The Hall–Kier alpha value is -1.15. The fourth-order valence-corrected chi connectivity index (χ4v) is 2.77. The molecule has 0 amide bonds. The number of ketones is 1. The number of rotatable bonds is 6. The molecule has 0 saturated heterocycles. The highest BCUT2D eigenvalue weighted by Gasteiger charge is 2.49. The van der Waals surface area contributed by atoms with E-state index in [-0.39, 0.29) is 5.78 Å². The third-order valence-corrected chi connectivity index (χ3v) is 4.33. The molecule has 0 aliphatic carbocycles. The molecular formula is C16H24O2. The van der Waals surface area contributed by atoms with Gasteiger partial charge in [-0.15, -0.1) is 0 Å². The number of hydrogen-bond acceptors (Lipinski definition) is 2. The van der Waals surface area contributed by atoms with Gasteiger partial charge in [0.2, 0.25) is 0 Å². The van der Waals surface area contributed by atoms with Crippen LogP contribution >= 0.6 is 0 Å². The first kappa shape index (κ1) is 14.9. The van der Waals surface area contributed by atoms with Gasteiger partial charge < -0.3 is 5.11 Å². The van der Waals surface area contributed by atoms with E-state index in [2.05, 4.69) is 0 Å². The Labute approximate surface area is 110 Å². The summed E-state index contributed by atoms with van der Waals surface area (Å²) in [6.45, 7) is 7.61. The van der Waals surface area contributed by atoms with E-state index in [1.807, 2.05) is 58.0 Å². The second-order valence-electron chi connectivity index (χ2n) is 5.01. The van der Waals surface area contributed by atoms with E-state index in [9.17, 15) is 9.90 Å². The summed E-state index contributed by atoms with van der Waals surface area (Å²) in [5, 5.41) is 10.9. The predicted molar refractivity (Wildman–Crippen MR) is 74.6 cm³/mol. The highest BCUT2D eigenvalue weighted by Crippen LogP contribution is 2.41. The fraction of sp³-hybridized carbons (Fsp3) is 0.562. The van der Waals surface area contributed by atoms with Gasteiger partial charge in [0.15, 0.2) is 0 Å². The van der Waals surface area contributed by atoms with Crippen molar-refractivity contribution in [3.8, 4) is 0 Å². The van der Waals surface area contributed by atoms with Crippen LogP contribution in [0.15, 0.2) is 30.3 Å². The van der Waals surface area contributed by atoms with Gasteiger partial charge in [-0.2, -0.15) is 0 Å². The van der Waals surface area contributed by atoms with E-state index in [1.165, 1.54) is 0 Å². The lowest BCUT2D eigenvalue weighted by atomic mass is 9.63. The maximum absolute atomic E-state index is 12.4. The molecule has 0 fully saturated rings. The average molecular weight is 248 g/mol. The number of carbonyl (C=O) groups excluding carboxylic acids is 1. The van der Waals surface area contributed by atoms with Gasteiger partial charge in [-0.05, 0) is 25.3 Å². The highest BCUT2D eigenvalue weighted by molar-refractivity contribution is 5.91. The maximum atomic E-state index is 12.4. The first-order valence-electron chi connectivity index (χ1n) is 6.77. The molecule has 0 radical (unpaired) electrons. The minimum atomic E-state index is -0.985. The van der Waals surface area contributed by atoms with Crippen molar-refractivity contribution in [2.45, 2.75) is 58.0 Å². The topological polar surface area (TPSA) is 37.3 Å². The Morgan fingerprint density at radius 2 is 1.61 bits per heavy atom. The molecule has 1 atom stereocenters. The molecular weight excluding hydrogens is 224 g/mol. The smallest absolute Gasteiger partial charge is 0.145 e. The second-order valence-corrected chi connectivity index (χ2v) is 5.01. The Balaban J connectivity index is 3.41. The van der Waals surface area contributed by atoms with Gasteiger partial charge in [-0.3, -0.25) is 4.79 Å². The molecule has 1 aromatic carbocycles. The van der Waals surface area contributed by atoms with Crippen molar-refractivity contribution >= 4 is 5.78 Å². The van der Waals surface area contributed by atoms with Crippen LogP contribution in [0.2, 0.25) is 0 Å². The molecule has 0 bridgehead atoms. The van der Waals surface area contributed by atoms with E-state index in [4.69, 9.17) is 0 Å². The van der Waals surface area contributed by atoms with Crippen molar-refractivity contribution in [1.82, 2.24) is 0 Å². The van der Waals surface area contributed by atoms with Gasteiger partial charge in [0.1, 0.15) is 5.78 Å². The highest BCUT2D eigenvalue weighted by atomic mass is 16.3. The van der Waals surface area contributed by atoms with Crippen molar-refractivity contribution in [2.75, 3.05) is 0 Å². The summed E-state index contributed by atoms with van der Waals surface area (Å²) in [4.78, 5) is 12.4. The molecule has 18 heavy (non-hydrogen) atoms. The fourth-order valence-electron chi connectivity index (χ4n) is 2.77. The maximum Gasteiger partial charge on any atom is 0.145 e. The number of Topliss-reactive ketones (excluding diaryl/α,β-unsaturated/α-hetero) is 1. The zero-order valence-corrected chi connectivity index (χ0v) is 11.9. The zero-order chi connectivity index (χ0) is 13.8. The van der Waals surface area contributed by atoms with E-state index >= 15 is 0 Å². The molecule has 0 saturated carbocycles. The van der Waals surface area contributed by atoms with E-state index < -0.39 is 11.0 Å². The minimum absolute atomic E-state index is 0.0971. The quantitative estimate of drug-likeness (QED) is 0.837. The lowest BCUT2D eigenvalue weighted by Crippen LogP contribution is -2.54. The summed E-state index contributed by atoms with van der Waals surface area (Å²) in [7, 11) is 0.